The van der Waals surface area contributed by atoms with E-state index in [9.17, 15) is 8.42 Å². The Morgan fingerprint density at radius 1 is 0.923 bits per heavy atom. The molecule has 26 heavy (non-hydrogen) atoms. The third-order valence-electron chi connectivity index (χ3n) is 5.47. The molecule has 2 saturated heterocycles. The first kappa shape index (κ1) is 20.4. The van der Waals surface area contributed by atoms with E-state index in [4.69, 9.17) is 28.2 Å². The van der Waals surface area contributed by atoms with Crippen LogP contribution in [0.3, 0.4) is 0 Å². The van der Waals surface area contributed by atoms with Gasteiger partial charge in [0.25, 0.3) is 10.1 Å². The Kier molecular flexibility index (Phi) is 6.59. The predicted molar refractivity (Wildman–Crippen MR) is 91.8 cm³/mol. The second-order valence-corrected chi connectivity index (χ2v) is 9.25. The van der Waals surface area contributed by atoms with Crippen molar-refractivity contribution >= 4 is 10.1 Å². The summed E-state index contributed by atoms with van der Waals surface area (Å²) in [5, 5.41) is 8.90. The van der Waals surface area contributed by atoms with E-state index in [1.54, 1.807) is 0 Å². The molecule has 2 aliphatic heterocycles. The van der Waals surface area contributed by atoms with Crippen molar-refractivity contribution in [2.75, 3.05) is 45.9 Å². The van der Waals surface area contributed by atoms with Crippen LogP contribution < -0.4 is 0 Å². The summed E-state index contributed by atoms with van der Waals surface area (Å²) in [5.41, 5.74) is 0. The van der Waals surface area contributed by atoms with Crippen LogP contribution in [-0.2, 0) is 33.2 Å². The number of hydrogen-bond acceptors (Lipinski definition) is 8. The van der Waals surface area contributed by atoms with Crippen LogP contribution in [0.2, 0.25) is 0 Å². The fourth-order valence-electron chi connectivity index (χ4n) is 4.17. The van der Waals surface area contributed by atoms with Gasteiger partial charge in [0.15, 0.2) is 11.6 Å². The standard InChI is InChI=1S/C9H16O5S.C8H14O3/c1-15(10,11)14-7-8-2-3-9(6-8)12-4-5-13-9;9-6-7-1-2-8(5-7)10-3-4-11-8/h8H,2-7H2,1H3;7,9H,1-6H2. The third kappa shape index (κ3) is 5.37. The second kappa shape index (κ2) is 8.38. The summed E-state index contributed by atoms with van der Waals surface area (Å²) in [4.78, 5) is 0. The maximum absolute atomic E-state index is 10.8. The minimum atomic E-state index is -3.33. The Bertz CT molecular complexity index is 551. The molecule has 4 fully saturated rings. The van der Waals surface area contributed by atoms with Gasteiger partial charge in [0.2, 0.25) is 0 Å². The molecule has 2 heterocycles. The minimum Gasteiger partial charge on any atom is -0.396 e. The number of hydrogen-bond donors (Lipinski definition) is 1. The van der Waals surface area contributed by atoms with E-state index in [1.807, 2.05) is 0 Å². The lowest BCUT2D eigenvalue weighted by Crippen LogP contribution is -2.26. The van der Waals surface area contributed by atoms with Crippen molar-refractivity contribution in [1.29, 1.82) is 0 Å². The highest BCUT2D eigenvalue weighted by Crippen LogP contribution is 2.41. The number of aliphatic hydroxyl groups is 1. The molecule has 2 spiro atoms. The molecule has 4 rings (SSSR count). The van der Waals surface area contributed by atoms with Gasteiger partial charge < -0.3 is 24.1 Å². The van der Waals surface area contributed by atoms with Crippen LogP contribution in [0.5, 0.6) is 0 Å². The fourth-order valence-corrected chi connectivity index (χ4v) is 4.61. The summed E-state index contributed by atoms with van der Waals surface area (Å²) in [6.07, 6.45) is 6.42. The molecule has 8 nitrogen and oxygen atoms in total. The Morgan fingerprint density at radius 2 is 1.38 bits per heavy atom. The van der Waals surface area contributed by atoms with E-state index < -0.39 is 15.9 Å². The van der Waals surface area contributed by atoms with Gasteiger partial charge in [-0.2, -0.15) is 8.42 Å². The van der Waals surface area contributed by atoms with Crippen LogP contribution in [0.25, 0.3) is 0 Å². The van der Waals surface area contributed by atoms with Gasteiger partial charge in [0, 0.05) is 32.3 Å². The molecule has 2 aliphatic carbocycles. The van der Waals surface area contributed by atoms with Gasteiger partial charge in [-0.1, -0.05) is 0 Å². The fraction of sp³-hybridized carbons (Fsp3) is 1.00. The highest BCUT2D eigenvalue weighted by atomic mass is 32.2. The Morgan fingerprint density at radius 3 is 1.81 bits per heavy atom. The highest BCUT2D eigenvalue weighted by molar-refractivity contribution is 7.85. The lowest BCUT2D eigenvalue weighted by atomic mass is 10.1. The minimum absolute atomic E-state index is 0.220. The molecule has 2 atom stereocenters. The van der Waals surface area contributed by atoms with Gasteiger partial charge in [0.1, 0.15) is 0 Å². The maximum Gasteiger partial charge on any atom is 0.264 e. The average molecular weight is 394 g/mol. The zero-order valence-electron chi connectivity index (χ0n) is 15.4. The summed E-state index contributed by atoms with van der Waals surface area (Å²) < 4.78 is 48.5. The largest absolute Gasteiger partial charge is 0.396 e. The van der Waals surface area contributed by atoms with Crippen LogP contribution >= 0.6 is 0 Å². The SMILES string of the molecule is CS(=O)(=O)OCC1CCC2(C1)OCCO2.OCC1CCC2(C1)OCCO2. The zero-order valence-corrected chi connectivity index (χ0v) is 16.2. The van der Waals surface area contributed by atoms with Crippen LogP contribution in [0.15, 0.2) is 0 Å². The van der Waals surface area contributed by atoms with Crippen LogP contribution in [-0.4, -0.2) is 71.0 Å². The first-order valence-electron chi connectivity index (χ1n) is 9.35. The monoisotopic (exact) mass is 394 g/mol. The molecule has 0 amide bonds. The van der Waals surface area contributed by atoms with E-state index in [-0.39, 0.29) is 24.9 Å². The molecule has 152 valence electrons. The van der Waals surface area contributed by atoms with Crippen LogP contribution in [0.4, 0.5) is 0 Å². The van der Waals surface area contributed by atoms with Crippen molar-refractivity contribution < 1.29 is 36.7 Å². The second-order valence-electron chi connectivity index (χ2n) is 7.60. The molecule has 0 bridgehead atoms. The maximum atomic E-state index is 10.8. The zero-order chi connectivity index (χ0) is 18.7. The molecular formula is C17H30O8S. The lowest BCUT2D eigenvalue weighted by molar-refractivity contribution is -0.153. The van der Waals surface area contributed by atoms with Crippen molar-refractivity contribution in [3.8, 4) is 0 Å². The first-order chi connectivity index (χ1) is 12.3. The summed E-state index contributed by atoms with van der Waals surface area (Å²) in [6, 6.07) is 0. The van der Waals surface area contributed by atoms with Crippen molar-refractivity contribution in [1.82, 2.24) is 0 Å². The Hall–Kier alpha value is -0.290. The van der Waals surface area contributed by atoms with E-state index in [2.05, 4.69) is 0 Å². The van der Waals surface area contributed by atoms with Crippen LogP contribution in [0, 0.1) is 11.8 Å². The predicted octanol–water partition coefficient (Wildman–Crippen LogP) is 1.03. The molecule has 0 aromatic rings. The smallest absolute Gasteiger partial charge is 0.264 e. The molecule has 9 heteroatoms. The quantitative estimate of drug-likeness (QED) is 0.706. The van der Waals surface area contributed by atoms with Crippen molar-refractivity contribution in [2.24, 2.45) is 11.8 Å². The topological polar surface area (TPSA) is 101 Å². The van der Waals surface area contributed by atoms with Gasteiger partial charge in [-0.05, 0) is 24.7 Å². The summed E-state index contributed by atoms with van der Waals surface area (Å²) in [7, 11) is -3.33. The normalized spacial score (nSPS) is 32.2. The summed E-state index contributed by atoms with van der Waals surface area (Å²) >= 11 is 0. The number of rotatable bonds is 4. The molecule has 1 N–H and O–H groups in total. The van der Waals surface area contributed by atoms with Crippen molar-refractivity contribution in [3.05, 3.63) is 0 Å². The van der Waals surface area contributed by atoms with Gasteiger partial charge in [-0.3, -0.25) is 4.18 Å². The van der Waals surface area contributed by atoms with Gasteiger partial charge in [-0.25, -0.2) is 0 Å². The highest BCUT2D eigenvalue weighted by Gasteiger charge is 2.44. The van der Waals surface area contributed by atoms with Crippen molar-refractivity contribution in [2.45, 2.75) is 50.1 Å². The average Bonchev–Trinajstić information content (AvgIpc) is 3.38. The van der Waals surface area contributed by atoms with E-state index in [0.717, 1.165) is 58.0 Å². The van der Waals surface area contributed by atoms with Crippen LogP contribution in [0.1, 0.15) is 38.5 Å². The third-order valence-corrected chi connectivity index (χ3v) is 6.03. The lowest BCUT2D eigenvalue weighted by Gasteiger charge is -2.21. The molecule has 4 aliphatic rings. The van der Waals surface area contributed by atoms with E-state index in [0.29, 0.717) is 19.1 Å². The molecule has 0 aromatic carbocycles. The molecular weight excluding hydrogens is 364 g/mol. The van der Waals surface area contributed by atoms with Gasteiger partial charge in [-0.15, -0.1) is 0 Å². The first-order valence-corrected chi connectivity index (χ1v) is 11.2. The molecule has 2 saturated carbocycles. The summed E-state index contributed by atoms with van der Waals surface area (Å²) in [6.45, 7) is 3.23. The van der Waals surface area contributed by atoms with Gasteiger partial charge >= 0.3 is 0 Å². The Balaban J connectivity index is 0.000000158. The summed E-state index contributed by atoms with van der Waals surface area (Å²) in [5.74, 6) is -0.121. The Labute approximate surface area is 155 Å². The van der Waals surface area contributed by atoms with E-state index in [1.165, 1.54) is 0 Å². The van der Waals surface area contributed by atoms with Gasteiger partial charge in [0.05, 0.1) is 39.3 Å². The number of aliphatic hydroxyl groups excluding tert-OH is 1. The molecule has 2 unspecified atom stereocenters. The molecule has 0 radical (unpaired) electrons. The number of ether oxygens (including phenoxy) is 4. The van der Waals surface area contributed by atoms with E-state index >= 15 is 0 Å². The molecule has 0 aromatic heterocycles. The van der Waals surface area contributed by atoms with Crippen molar-refractivity contribution in [3.63, 3.8) is 0 Å².